The lowest BCUT2D eigenvalue weighted by molar-refractivity contribution is -0.141. The minimum atomic E-state index is -1.06. The van der Waals surface area contributed by atoms with Crippen LogP contribution in [0.2, 0.25) is 0 Å². The summed E-state index contributed by atoms with van der Waals surface area (Å²) in [6, 6.07) is -0.905. The number of nitrogens with zero attached hydrogens (tertiary/aromatic N) is 2. The lowest BCUT2D eigenvalue weighted by atomic mass is 10.1. The second kappa shape index (κ2) is 3.12. The number of hydrogen-bond acceptors (Lipinski definition) is 4. The second-order valence-electron chi connectivity index (χ2n) is 3.21. The molecule has 0 aromatic rings. The van der Waals surface area contributed by atoms with Crippen LogP contribution in [0.5, 0.6) is 0 Å². The molecular weight excluding hydrogens is 174 g/mol. The lowest BCUT2D eigenvalue weighted by Gasteiger charge is -2.14. The monoisotopic (exact) mass is 185 g/mol. The third kappa shape index (κ3) is 2.81. The summed E-state index contributed by atoms with van der Waals surface area (Å²) in [5, 5.41) is 18.4. The molecule has 2 N–H and O–H groups in total. The van der Waals surface area contributed by atoms with Crippen LogP contribution in [0.4, 0.5) is 0 Å². The van der Waals surface area contributed by atoms with Crippen molar-refractivity contribution in [3.63, 3.8) is 0 Å². The van der Waals surface area contributed by atoms with Crippen molar-refractivity contribution in [1.82, 2.24) is 5.32 Å². The third-order valence-corrected chi connectivity index (χ3v) is 1.71. The highest BCUT2D eigenvalue weighted by molar-refractivity contribution is 5.82. The summed E-state index contributed by atoms with van der Waals surface area (Å²) in [4.78, 5) is 21.3. The fourth-order valence-corrected chi connectivity index (χ4v) is 0.999. The van der Waals surface area contributed by atoms with Crippen molar-refractivity contribution in [2.75, 3.05) is 0 Å². The van der Waals surface area contributed by atoms with Crippen LogP contribution >= 0.6 is 0 Å². The molecule has 0 aromatic heterocycles. The quantitative estimate of drug-likeness (QED) is 0.652. The number of carboxylic acids is 1. The Morgan fingerprint density at radius 1 is 1.54 bits per heavy atom. The Kier molecular flexibility index (Phi) is 2.31. The molecule has 0 saturated carbocycles. The molecule has 1 amide bonds. The molecule has 0 aliphatic carbocycles. The molecule has 0 fully saturated rings. The molecule has 13 heavy (non-hydrogen) atoms. The van der Waals surface area contributed by atoms with Gasteiger partial charge in [-0.3, -0.25) is 4.79 Å². The summed E-state index contributed by atoms with van der Waals surface area (Å²) >= 11 is 0. The van der Waals surface area contributed by atoms with E-state index in [2.05, 4.69) is 15.5 Å². The maximum absolute atomic E-state index is 10.6. The SMILES string of the molecule is CC(=O)N[C@H](CC1(C)N=N1)C(=O)O. The molecule has 0 aromatic carbocycles. The summed E-state index contributed by atoms with van der Waals surface area (Å²) in [5.74, 6) is -1.43. The van der Waals surface area contributed by atoms with Crippen LogP contribution in [-0.2, 0) is 9.59 Å². The number of carbonyl (C=O) groups is 2. The number of carbonyl (C=O) groups excluding carboxylic acids is 1. The highest BCUT2D eigenvalue weighted by atomic mass is 16.4. The largest absolute Gasteiger partial charge is 0.480 e. The van der Waals surface area contributed by atoms with Crippen LogP contribution < -0.4 is 5.32 Å². The average Bonchev–Trinajstić information content (AvgIpc) is 2.65. The van der Waals surface area contributed by atoms with E-state index in [0.29, 0.717) is 0 Å². The zero-order valence-electron chi connectivity index (χ0n) is 7.44. The number of carboxylic acid groups (broad SMARTS) is 1. The van der Waals surface area contributed by atoms with E-state index in [1.807, 2.05) is 0 Å². The van der Waals surface area contributed by atoms with E-state index in [0.717, 1.165) is 0 Å². The van der Waals surface area contributed by atoms with Crippen LogP contribution in [0.3, 0.4) is 0 Å². The summed E-state index contributed by atoms with van der Waals surface area (Å²) in [7, 11) is 0. The van der Waals surface area contributed by atoms with Crippen molar-refractivity contribution in [1.29, 1.82) is 0 Å². The molecule has 0 radical (unpaired) electrons. The molecule has 6 heteroatoms. The molecule has 0 unspecified atom stereocenters. The highest BCUT2D eigenvalue weighted by Crippen LogP contribution is 2.31. The summed E-state index contributed by atoms with van der Waals surface area (Å²) in [6.45, 7) is 2.99. The Bertz CT molecular complexity index is 268. The van der Waals surface area contributed by atoms with Gasteiger partial charge in [-0.25, -0.2) is 4.79 Å². The maximum atomic E-state index is 10.6. The van der Waals surface area contributed by atoms with Crippen LogP contribution in [0.25, 0.3) is 0 Å². The number of hydrogen-bond donors (Lipinski definition) is 2. The Labute approximate surface area is 75.0 Å². The number of nitrogens with one attached hydrogen (secondary N) is 1. The lowest BCUT2D eigenvalue weighted by Crippen LogP contribution is -2.42. The zero-order valence-corrected chi connectivity index (χ0v) is 7.44. The van der Waals surface area contributed by atoms with Gasteiger partial charge in [-0.2, -0.15) is 10.2 Å². The van der Waals surface area contributed by atoms with E-state index in [4.69, 9.17) is 5.11 Å². The van der Waals surface area contributed by atoms with Crippen molar-refractivity contribution >= 4 is 11.9 Å². The van der Waals surface area contributed by atoms with Gasteiger partial charge < -0.3 is 10.4 Å². The van der Waals surface area contributed by atoms with Gasteiger partial charge in [0.2, 0.25) is 5.91 Å². The normalized spacial score (nSPS) is 19.2. The molecule has 1 atom stereocenters. The van der Waals surface area contributed by atoms with Gasteiger partial charge in [-0.05, 0) is 6.92 Å². The van der Waals surface area contributed by atoms with E-state index in [-0.39, 0.29) is 12.3 Å². The van der Waals surface area contributed by atoms with Crippen molar-refractivity contribution < 1.29 is 14.7 Å². The predicted octanol–water partition coefficient (Wildman–Crippen LogP) is 0.148. The molecule has 1 rings (SSSR count). The van der Waals surface area contributed by atoms with Gasteiger partial charge in [0.1, 0.15) is 6.04 Å². The molecule has 6 nitrogen and oxygen atoms in total. The van der Waals surface area contributed by atoms with Crippen LogP contribution in [0, 0.1) is 0 Å². The van der Waals surface area contributed by atoms with E-state index < -0.39 is 17.7 Å². The summed E-state index contributed by atoms with van der Waals surface area (Å²) in [5.41, 5.74) is -0.606. The smallest absolute Gasteiger partial charge is 0.326 e. The maximum Gasteiger partial charge on any atom is 0.326 e. The number of aliphatic carboxylic acids is 1. The first-order chi connectivity index (χ1) is 5.93. The van der Waals surface area contributed by atoms with Gasteiger partial charge in [0, 0.05) is 13.3 Å². The predicted molar refractivity (Wildman–Crippen MR) is 43.1 cm³/mol. The van der Waals surface area contributed by atoms with Crippen LogP contribution in [0.1, 0.15) is 20.3 Å². The molecule has 0 spiro atoms. The van der Waals surface area contributed by atoms with Gasteiger partial charge in [-0.15, -0.1) is 0 Å². The van der Waals surface area contributed by atoms with E-state index >= 15 is 0 Å². The first-order valence-electron chi connectivity index (χ1n) is 3.87. The van der Waals surface area contributed by atoms with Gasteiger partial charge in [-0.1, -0.05) is 0 Å². The minimum absolute atomic E-state index is 0.210. The first kappa shape index (κ1) is 9.63. The Hall–Kier alpha value is -1.46. The third-order valence-electron chi connectivity index (χ3n) is 1.71. The first-order valence-corrected chi connectivity index (χ1v) is 3.87. The van der Waals surface area contributed by atoms with Gasteiger partial charge in [0.05, 0.1) is 0 Å². The van der Waals surface area contributed by atoms with E-state index in [1.54, 1.807) is 6.92 Å². The van der Waals surface area contributed by atoms with Crippen LogP contribution in [-0.4, -0.2) is 28.7 Å². The molecular formula is C7H11N3O3. The van der Waals surface area contributed by atoms with Gasteiger partial charge >= 0.3 is 5.97 Å². The fraction of sp³-hybridized carbons (Fsp3) is 0.714. The van der Waals surface area contributed by atoms with Gasteiger partial charge in [0.25, 0.3) is 0 Å². The molecule has 1 aliphatic heterocycles. The topological polar surface area (TPSA) is 91.1 Å². The summed E-state index contributed by atoms with van der Waals surface area (Å²) in [6.07, 6.45) is 0.210. The fourth-order valence-electron chi connectivity index (χ4n) is 0.999. The Morgan fingerprint density at radius 3 is 2.38 bits per heavy atom. The molecule has 0 bridgehead atoms. The van der Waals surface area contributed by atoms with Crippen molar-refractivity contribution in [3.8, 4) is 0 Å². The number of rotatable bonds is 4. The zero-order chi connectivity index (χ0) is 10.1. The molecule has 1 aliphatic rings. The standard InChI is InChI=1S/C7H11N3O3/c1-4(11)8-5(6(12)13)3-7(2)9-10-7/h5H,3H2,1-2H3,(H,8,11)(H,12,13)/t5-/m1/s1. The average molecular weight is 185 g/mol. The number of amides is 1. The summed E-state index contributed by atoms with van der Waals surface area (Å²) < 4.78 is 0. The molecule has 72 valence electrons. The van der Waals surface area contributed by atoms with Crippen molar-refractivity contribution in [2.45, 2.75) is 32.0 Å². The Morgan fingerprint density at radius 2 is 2.08 bits per heavy atom. The van der Waals surface area contributed by atoms with Gasteiger partial charge in [0.15, 0.2) is 5.66 Å². The molecule has 0 saturated heterocycles. The van der Waals surface area contributed by atoms with Crippen molar-refractivity contribution in [2.24, 2.45) is 10.2 Å². The highest BCUT2D eigenvalue weighted by Gasteiger charge is 2.39. The van der Waals surface area contributed by atoms with Crippen LogP contribution in [0.15, 0.2) is 10.2 Å². The minimum Gasteiger partial charge on any atom is -0.480 e. The Balaban J connectivity index is 2.47. The van der Waals surface area contributed by atoms with E-state index in [9.17, 15) is 9.59 Å². The second-order valence-corrected chi connectivity index (χ2v) is 3.21. The van der Waals surface area contributed by atoms with Crippen molar-refractivity contribution in [3.05, 3.63) is 0 Å². The van der Waals surface area contributed by atoms with E-state index in [1.165, 1.54) is 6.92 Å². The molecule has 1 heterocycles.